The summed E-state index contributed by atoms with van der Waals surface area (Å²) in [7, 11) is 0. The fraction of sp³-hybridized carbons (Fsp3) is 0. The van der Waals surface area contributed by atoms with Gasteiger partial charge in [0.2, 0.25) is 5.75 Å². The highest BCUT2D eigenvalue weighted by Gasteiger charge is 2.29. The van der Waals surface area contributed by atoms with Crippen LogP contribution in [0.15, 0.2) is 91.0 Å². The van der Waals surface area contributed by atoms with Crippen LogP contribution in [-0.4, -0.2) is 0 Å². The van der Waals surface area contributed by atoms with Crippen molar-refractivity contribution in [3.63, 3.8) is 0 Å². The van der Waals surface area contributed by atoms with E-state index in [0.29, 0.717) is 17.2 Å². The highest BCUT2D eigenvalue weighted by molar-refractivity contribution is 6.34. The Kier molecular flexibility index (Phi) is 6.22. The molecule has 0 spiro atoms. The number of rotatable bonds is 6. The van der Waals surface area contributed by atoms with E-state index in [1.165, 1.54) is 0 Å². The summed E-state index contributed by atoms with van der Waals surface area (Å²) < 4.78 is 18.2. The fourth-order valence-corrected chi connectivity index (χ4v) is 3.23. The van der Waals surface area contributed by atoms with Crippen LogP contribution in [0.3, 0.4) is 0 Å². The van der Waals surface area contributed by atoms with Crippen molar-refractivity contribution in [1.29, 1.82) is 10.5 Å². The molecule has 0 aromatic heterocycles. The van der Waals surface area contributed by atoms with E-state index in [1.54, 1.807) is 72.8 Å². The molecule has 0 fully saturated rings. The molecule has 0 saturated carbocycles. The average molecular weight is 439 g/mol. The van der Waals surface area contributed by atoms with E-state index in [-0.39, 0.29) is 33.4 Å². The Hall–Kier alpha value is -4.45. The van der Waals surface area contributed by atoms with Crippen molar-refractivity contribution in [3.8, 4) is 46.6 Å². The predicted molar refractivity (Wildman–Crippen MR) is 120 cm³/mol. The number of hydrogen-bond donors (Lipinski definition) is 0. The van der Waals surface area contributed by atoms with E-state index in [4.69, 9.17) is 25.8 Å². The Balaban J connectivity index is 1.97. The molecule has 0 aliphatic rings. The number of ether oxygens (including phenoxy) is 3. The summed E-state index contributed by atoms with van der Waals surface area (Å²) >= 11 is 6.55. The molecule has 0 aliphatic heterocycles. The number of benzene rings is 4. The van der Waals surface area contributed by atoms with E-state index >= 15 is 0 Å². The maximum absolute atomic E-state index is 9.87. The molecule has 0 amide bonds. The second kappa shape index (κ2) is 9.57. The van der Waals surface area contributed by atoms with Crippen molar-refractivity contribution >= 4 is 11.6 Å². The maximum atomic E-state index is 9.87. The molecule has 4 aromatic carbocycles. The number of nitrogens with zero attached hydrogens (tertiary/aromatic N) is 2. The molecule has 6 heteroatoms. The maximum Gasteiger partial charge on any atom is 0.215 e. The second-order valence-corrected chi connectivity index (χ2v) is 6.90. The first-order chi connectivity index (χ1) is 15.7. The van der Waals surface area contributed by atoms with Crippen molar-refractivity contribution in [1.82, 2.24) is 0 Å². The van der Waals surface area contributed by atoms with Gasteiger partial charge >= 0.3 is 0 Å². The Labute approximate surface area is 190 Å². The van der Waals surface area contributed by atoms with Gasteiger partial charge < -0.3 is 14.2 Å². The van der Waals surface area contributed by atoms with Gasteiger partial charge in [-0.05, 0) is 36.4 Å². The molecule has 32 heavy (non-hydrogen) atoms. The minimum Gasteiger partial charge on any atom is -0.452 e. The van der Waals surface area contributed by atoms with Crippen molar-refractivity contribution < 1.29 is 14.2 Å². The number of para-hydroxylation sites is 3. The van der Waals surface area contributed by atoms with Gasteiger partial charge in [0.15, 0.2) is 11.5 Å². The molecule has 154 valence electrons. The zero-order valence-electron chi connectivity index (χ0n) is 16.7. The smallest absolute Gasteiger partial charge is 0.215 e. The molecule has 0 atom stereocenters. The molecule has 0 aliphatic carbocycles. The van der Waals surface area contributed by atoms with Gasteiger partial charge in [-0.2, -0.15) is 10.5 Å². The third kappa shape index (κ3) is 4.34. The van der Waals surface area contributed by atoms with Gasteiger partial charge in [-0.3, -0.25) is 0 Å². The highest BCUT2D eigenvalue weighted by Crippen LogP contribution is 2.51. The van der Waals surface area contributed by atoms with Crippen LogP contribution in [0.1, 0.15) is 11.1 Å². The Morgan fingerprint density at radius 3 is 1.28 bits per heavy atom. The minimum absolute atomic E-state index is 0.0365. The summed E-state index contributed by atoms with van der Waals surface area (Å²) in [5, 5.41) is 19.6. The van der Waals surface area contributed by atoms with Gasteiger partial charge in [-0.1, -0.05) is 66.2 Å². The molecule has 5 nitrogen and oxygen atoms in total. The lowest BCUT2D eigenvalue weighted by atomic mass is 10.1. The first-order valence-corrected chi connectivity index (χ1v) is 9.97. The molecule has 0 radical (unpaired) electrons. The van der Waals surface area contributed by atoms with Crippen LogP contribution in [0.25, 0.3) is 0 Å². The van der Waals surface area contributed by atoms with Crippen LogP contribution in [-0.2, 0) is 0 Å². The fourth-order valence-electron chi connectivity index (χ4n) is 2.97. The molecule has 4 rings (SSSR count). The molecule has 0 unspecified atom stereocenters. The van der Waals surface area contributed by atoms with Gasteiger partial charge in [-0.15, -0.1) is 0 Å². The molecule has 4 aromatic rings. The molecule has 0 bridgehead atoms. The van der Waals surface area contributed by atoms with Crippen molar-refractivity contribution in [3.05, 3.63) is 107 Å². The molecular formula is C26H15ClN2O3. The van der Waals surface area contributed by atoms with Gasteiger partial charge in [-0.25, -0.2) is 0 Å². The topological polar surface area (TPSA) is 75.3 Å². The minimum atomic E-state index is -0.0635. The first kappa shape index (κ1) is 20.8. The van der Waals surface area contributed by atoms with E-state index in [9.17, 15) is 10.5 Å². The molecular weight excluding hydrogens is 424 g/mol. The summed E-state index contributed by atoms with van der Waals surface area (Å²) in [5.74, 6) is 1.61. The molecule has 0 N–H and O–H groups in total. The van der Waals surface area contributed by atoms with Gasteiger partial charge in [0.25, 0.3) is 0 Å². The van der Waals surface area contributed by atoms with Crippen LogP contribution in [0.2, 0.25) is 5.02 Å². The van der Waals surface area contributed by atoms with Crippen molar-refractivity contribution in [2.75, 3.05) is 0 Å². The zero-order valence-corrected chi connectivity index (χ0v) is 17.4. The van der Waals surface area contributed by atoms with E-state index in [2.05, 4.69) is 0 Å². The predicted octanol–water partition coefficient (Wildman–Crippen LogP) is 7.46. The number of nitriles is 2. The average Bonchev–Trinajstić information content (AvgIpc) is 2.84. The number of hydrogen-bond acceptors (Lipinski definition) is 5. The van der Waals surface area contributed by atoms with Crippen LogP contribution >= 0.6 is 11.6 Å². The zero-order chi connectivity index (χ0) is 22.3. The quantitative estimate of drug-likeness (QED) is 0.312. The van der Waals surface area contributed by atoms with Crippen molar-refractivity contribution in [2.45, 2.75) is 0 Å². The van der Waals surface area contributed by atoms with E-state index < -0.39 is 0 Å². The van der Waals surface area contributed by atoms with E-state index in [0.717, 1.165) is 0 Å². The first-order valence-electron chi connectivity index (χ1n) is 9.59. The Bertz CT molecular complexity index is 1310. The van der Waals surface area contributed by atoms with Gasteiger partial charge in [0.1, 0.15) is 40.0 Å². The lowest BCUT2D eigenvalue weighted by Gasteiger charge is -2.20. The summed E-state index contributed by atoms with van der Waals surface area (Å²) in [6.07, 6.45) is 0. The van der Waals surface area contributed by atoms with E-state index in [1.807, 2.05) is 30.3 Å². The van der Waals surface area contributed by atoms with Gasteiger partial charge in [0.05, 0.1) is 5.56 Å². The molecule has 0 saturated heterocycles. The van der Waals surface area contributed by atoms with Crippen LogP contribution in [0, 0.1) is 22.7 Å². The second-order valence-electron chi connectivity index (χ2n) is 6.52. The third-order valence-corrected chi connectivity index (χ3v) is 4.78. The summed E-state index contributed by atoms with van der Waals surface area (Å²) in [5.41, 5.74) is -0.112. The highest BCUT2D eigenvalue weighted by atomic mass is 35.5. The normalized spacial score (nSPS) is 9.97. The largest absolute Gasteiger partial charge is 0.452 e. The lowest BCUT2D eigenvalue weighted by Crippen LogP contribution is -2.01. The summed E-state index contributed by atoms with van der Waals surface area (Å²) in [6.45, 7) is 0. The monoisotopic (exact) mass is 438 g/mol. The van der Waals surface area contributed by atoms with Crippen LogP contribution in [0.4, 0.5) is 0 Å². The standard InChI is InChI=1S/C26H15ClN2O3/c27-23-21(16-28)22(17-29)24(30-18-10-4-1-5-11-18)26(32-20-14-8-3-9-15-20)25(23)31-19-12-6-2-7-13-19/h1-15H. The third-order valence-electron chi connectivity index (χ3n) is 4.42. The Morgan fingerprint density at radius 2 is 0.875 bits per heavy atom. The van der Waals surface area contributed by atoms with Crippen LogP contribution in [0.5, 0.6) is 34.5 Å². The number of halogens is 1. The molecule has 0 heterocycles. The summed E-state index contributed by atoms with van der Waals surface area (Å²) in [4.78, 5) is 0. The Morgan fingerprint density at radius 1 is 0.500 bits per heavy atom. The summed E-state index contributed by atoms with van der Waals surface area (Å²) in [6, 6.07) is 30.8. The lowest BCUT2D eigenvalue weighted by molar-refractivity contribution is 0.385. The SMILES string of the molecule is N#Cc1c(Cl)c(Oc2ccccc2)c(Oc2ccccc2)c(Oc2ccccc2)c1C#N. The van der Waals surface area contributed by atoms with Gasteiger partial charge in [0, 0.05) is 0 Å². The van der Waals surface area contributed by atoms with Crippen molar-refractivity contribution in [2.24, 2.45) is 0 Å². The van der Waals surface area contributed by atoms with Crippen LogP contribution < -0.4 is 14.2 Å².